The van der Waals surface area contributed by atoms with Gasteiger partial charge in [0.2, 0.25) is 0 Å². The van der Waals surface area contributed by atoms with E-state index in [1.807, 2.05) is 24.3 Å². The SMILES string of the molecule is NC(=S)c1ccc(CNC(=O)c2ccnnc2)cc1. The maximum Gasteiger partial charge on any atom is 0.253 e. The van der Waals surface area contributed by atoms with Gasteiger partial charge in [-0.25, -0.2) is 0 Å². The lowest BCUT2D eigenvalue weighted by atomic mass is 10.1. The van der Waals surface area contributed by atoms with Gasteiger partial charge in [-0.1, -0.05) is 36.5 Å². The molecule has 0 aliphatic rings. The molecule has 1 aromatic carbocycles. The van der Waals surface area contributed by atoms with Crippen LogP contribution in [0.4, 0.5) is 0 Å². The fraction of sp³-hybridized carbons (Fsp3) is 0.0769. The largest absolute Gasteiger partial charge is 0.389 e. The van der Waals surface area contributed by atoms with Crippen molar-refractivity contribution in [1.29, 1.82) is 0 Å². The standard InChI is InChI=1S/C13H12N4OS/c14-12(19)10-3-1-9(2-4-10)7-15-13(18)11-5-6-16-17-8-11/h1-6,8H,7H2,(H2,14,19)(H,15,18). The summed E-state index contributed by atoms with van der Waals surface area (Å²) in [5.41, 5.74) is 7.77. The fourth-order valence-corrected chi connectivity index (χ4v) is 1.63. The summed E-state index contributed by atoms with van der Waals surface area (Å²) < 4.78 is 0. The number of nitrogens with zero attached hydrogens (tertiary/aromatic N) is 2. The van der Waals surface area contributed by atoms with E-state index in [2.05, 4.69) is 15.5 Å². The number of amides is 1. The summed E-state index contributed by atoms with van der Waals surface area (Å²) in [7, 11) is 0. The first-order valence-corrected chi connectivity index (χ1v) is 6.01. The van der Waals surface area contributed by atoms with Gasteiger partial charge in [0, 0.05) is 12.1 Å². The molecule has 1 aromatic heterocycles. The number of thiocarbonyl (C=S) groups is 1. The smallest absolute Gasteiger partial charge is 0.253 e. The number of hydrogen-bond acceptors (Lipinski definition) is 4. The molecule has 96 valence electrons. The highest BCUT2D eigenvalue weighted by Crippen LogP contribution is 2.04. The predicted octanol–water partition coefficient (Wildman–Crippen LogP) is 1.04. The lowest BCUT2D eigenvalue weighted by Crippen LogP contribution is -2.23. The lowest BCUT2D eigenvalue weighted by molar-refractivity contribution is 0.0950. The average molecular weight is 272 g/mol. The molecule has 0 fully saturated rings. The Morgan fingerprint density at radius 3 is 2.47 bits per heavy atom. The van der Waals surface area contributed by atoms with Crippen LogP contribution in [0.25, 0.3) is 0 Å². The van der Waals surface area contributed by atoms with E-state index in [4.69, 9.17) is 18.0 Å². The van der Waals surface area contributed by atoms with Crippen molar-refractivity contribution in [2.75, 3.05) is 0 Å². The number of hydrogen-bond donors (Lipinski definition) is 2. The van der Waals surface area contributed by atoms with E-state index in [-0.39, 0.29) is 5.91 Å². The van der Waals surface area contributed by atoms with Crippen LogP contribution in [0.3, 0.4) is 0 Å². The zero-order chi connectivity index (χ0) is 13.7. The monoisotopic (exact) mass is 272 g/mol. The van der Waals surface area contributed by atoms with E-state index in [0.29, 0.717) is 17.1 Å². The molecule has 0 unspecified atom stereocenters. The van der Waals surface area contributed by atoms with Crippen LogP contribution in [0.2, 0.25) is 0 Å². The molecule has 0 bridgehead atoms. The number of carbonyl (C=O) groups excluding carboxylic acids is 1. The van der Waals surface area contributed by atoms with Gasteiger partial charge >= 0.3 is 0 Å². The Hall–Kier alpha value is -2.34. The number of nitrogens with one attached hydrogen (secondary N) is 1. The molecule has 19 heavy (non-hydrogen) atoms. The minimum atomic E-state index is -0.187. The third-order valence-corrected chi connectivity index (χ3v) is 2.77. The molecule has 0 atom stereocenters. The Morgan fingerprint density at radius 2 is 1.89 bits per heavy atom. The Kier molecular flexibility index (Phi) is 4.15. The summed E-state index contributed by atoms with van der Waals surface area (Å²) in [4.78, 5) is 12.1. The van der Waals surface area contributed by atoms with Crippen molar-refractivity contribution in [2.45, 2.75) is 6.54 Å². The van der Waals surface area contributed by atoms with E-state index in [1.54, 1.807) is 6.07 Å². The zero-order valence-corrected chi connectivity index (χ0v) is 10.9. The molecule has 0 radical (unpaired) electrons. The predicted molar refractivity (Wildman–Crippen MR) is 75.5 cm³/mol. The van der Waals surface area contributed by atoms with Crippen molar-refractivity contribution < 1.29 is 4.79 Å². The molecule has 2 rings (SSSR count). The molecule has 0 spiro atoms. The number of rotatable bonds is 4. The summed E-state index contributed by atoms with van der Waals surface area (Å²) in [5, 5.41) is 10.1. The second-order valence-electron chi connectivity index (χ2n) is 3.87. The zero-order valence-electron chi connectivity index (χ0n) is 10.0. The first-order valence-electron chi connectivity index (χ1n) is 5.60. The molecular formula is C13H12N4OS. The minimum absolute atomic E-state index is 0.187. The topological polar surface area (TPSA) is 80.9 Å². The lowest BCUT2D eigenvalue weighted by Gasteiger charge is -2.05. The first kappa shape index (κ1) is 13.1. The van der Waals surface area contributed by atoms with E-state index in [9.17, 15) is 4.79 Å². The Morgan fingerprint density at radius 1 is 1.16 bits per heavy atom. The highest BCUT2D eigenvalue weighted by Gasteiger charge is 2.05. The summed E-state index contributed by atoms with van der Waals surface area (Å²) in [6, 6.07) is 9.02. The Labute approximate surface area is 115 Å². The molecule has 0 saturated heterocycles. The van der Waals surface area contributed by atoms with Crippen molar-refractivity contribution in [3.8, 4) is 0 Å². The van der Waals surface area contributed by atoms with Gasteiger partial charge in [-0.2, -0.15) is 10.2 Å². The van der Waals surface area contributed by atoms with Gasteiger partial charge in [0.1, 0.15) is 4.99 Å². The molecule has 1 heterocycles. The second kappa shape index (κ2) is 6.01. The van der Waals surface area contributed by atoms with E-state index >= 15 is 0 Å². The molecule has 0 saturated carbocycles. The van der Waals surface area contributed by atoms with Crippen LogP contribution >= 0.6 is 12.2 Å². The average Bonchev–Trinajstić information content (AvgIpc) is 2.46. The van der Waals surface area contributed by atoms with Crippen LogP contribution in [0.15, 0.2) is 42.7 Å². The van der Waals surface area contributed by atoms with Crippen molar-refractivity contribution in [3.63, 3.8) is 0 Å². The normalized spacial score (nSPS) is 9.89. The third kappa shape index (κ3) is 3.56. The second-order valence-corrected chi connectivity index (χ2v) is 4.31. The summed E-state index contributed by atoms with van der Waals surface area (Å²) in [6.45, 7) is 0.429. The number of nitrogens with two attached hydrogens (primary N) is 1. The molecule has 3 N–H and O–H groups in total. The van der Waals surface area contributed by atoms with Crippen LogP contribution < -0.4 is 11.1 Å². The van der Waals surface area contributed by atoms with Gasteiger partial charge < -0.3 is 11.1 Å². The highest BCUT2D eigenvalue weighted by molar-refractivity contribution is 7.80. The molecule has 6 heteroatoms. The van der Waals surface area contributed by atoms with Crippen molar-refractivity contribution in [1.82, 2.24) is 15.5 Å². The summed E-state index contributed by atoms with van der Waals surface area (Å²) >= 11 is 4.87. The van der Waals surface area contributed by atoms with Crippen LogP contribution in [0.1, 0.15) is 21.5 Å². The molecular weight excluding hydrogens is 260 g/mol. The van der Waals surface area contributed by atoms with Gasteiger partial charge in [0.05, 0.1) is 18.0 Å². The van der Waals surface area contributed by atoms with Gasteiger partial charge in [0.15, 0.2) is 0 Å². The fourth-order valence-electron chi connectivity index (χ4n) is 1.50. The van der Waals surface area contributed by atoms with Crippen molar-refractivity contribution in [2.24, 2.45) is 5.73 Å². The maximum absolute atomic E-state index is 11.8. The summed E-state index contributed by atoms with van der Waals surface area (Å²) in [6.07, 6.45) is 2.90. The van der Waals surface area contributed by atoms with E-state index in [1.165, 1.54) is 12.4 Å². The van der Waals surface area contributed by atoms with Gasteiger partial charge in [-0.05, 0) is 11.6 Å². The molecule has 0 aliphatic carbocycles. The minimum Gasteiger partial charge on any atom is -0.389 e. The van der Waals surface area contributed by atoms with Gasteiger partial charge in [-0.15, -0.1) is 0 Å². The highest BCUT2D eigenvalue weighted by atomic mass is 32.1. The van der Waals surface area contributed by atoms with Gasteiger partial charge in [-0.3, -0.25) is 4.79 Å². The molecule has 5 nitrogen and oxygen atoms in total. The van der Waals surface area contributed by atoms with Crippen LogP contribution in [-0.2, 0) is 6.54 Å². The third-order valence-electron chi connectivity index (χ3n) is 2.54. The first-order chi connectivity index (χ1) is 9.16. The molecule has 0 aliphatic heterocycles. The number of carbonyl (C=O) groups is 1. The van der Waals surface area contributed by atoms with Crippen molar-refractivity contribution in [3.05, 3.63) is 59.4 Å². The van der Waals surface area contributed by atoms with Gasteiger partial charge in [0.25, 0.3) is 5.91 Å². The summed E-state index contributed by atoms with van der Waals surface area (Å²) in [5.74, 6) is -0.187. The number of aromatic nitrogens is 2. The Bertz CT molecular complexity index is 583. The Balaban J connectivity index is 1.95. The van der Waals surface area contributed by atoms with E-state index < -0.39 is 0 Å². The van der Waals surface area contributed by atoms with Crippen LogP contribution in [0, 0.1) is 0 Å². The maximum atomic E-state index is 11.8. The quantitative estimate of drug-likeness (QED) is 0.813. The van der Waals surface area contributed by atoms with Crippen LogP contribution in [0.5, 0.6) is 0 Å². The van der Waals surface area contributed by atoms with Crippen molar-refractivity contribution >= 4 is 23.1 Å². The molecule has 2 aromatic rings. The number of benzene rings is 1. The van der Waals surface area contributed by atoms with E-state index in [0.717, 1.165) is 11.1 Å². The molecule has 1 amide bonds. The van der Waals surface area contributed by atoms with Crippen LogP contribution in [-0.4, -0.2) is 21.1 Å².